The second-order valence-electron chi connectivity index (χ2n) is 4.02. The van der Waals surface area contributed by atoms with Gasteiger partial charge in [-0.05, 0) is 19.1 Å². The summed E-state index contributed by atoms with van der Waals surface area (Å²) in [4.78, 5) is 8.30. The minimum atomic E-state index is -0.632. The highest BCUT2D eigenvalue weighted by atomic mass is 19.1. The number of ether oxygens (including phenoxy) is 2. The Labute approximate surface area is 115 Å². The molecule has 2 aromatic rings. The van der Waals surface area contributed by atoms with Gasteiger partial charge in [0.1, 0.15) is 29.8 Å². The first-order valence-electron chi connectivity index (χ1n) is 5.84. The fraction of sp³-hybridized carbons (Fsp3) is 0.214. The number of methoxy groups -OCH3 is 1. The molecule has 20 heavy (non-hydrogen) atoms. The Morgan fingerprint density at radius 3 is 2.85 bits per heavy atom. The summed E-state index contributed by atoms with van der Waals surface area (Å²) >= 11 is 0. The molecule has 0 saturated carbocycles. The highest BCUT2D eigenvalue weighted by Crippen LogP contribution is 2.25. The lowest BCUT2D eigenvalue weighted by atomic mass is 10.2. The monoisotopic (exact) mass is 273 g/mol. The van der Waals surface area contributed by atoms with Gasteiger partial charge < -0.3 is 9.47 Å². The summed E-state index contributed by atoms with van der Waals surface area (Å²) in [6, 6.07) is 7.55. The van der Waals surface area contributed by atoms with Crippen LogP contribution < -0.4 is 4.74 Å². The van der Waals surface area contributed by atoms with Crippen LogP contribution >= 0.6 is 0 Å². The Hall–Kier alpha value is -2.52. The summed E-state index contributed by atoms with van der Waals surface area (Å²) in [6.07, 6.45) is 0. The summed E-state index contributed by atoms with van der Waals surface area (Å²) in [5.41, 5.74) is 0.536. The Morgan fingerprint density at radius 1 is 1.35 bits per heavy atom. The van der Waals surface area contributed by atoms with Crippen molar-refractivity contribution >= 4 is 0 Å². The molecule has 0 fully saturated rings. The molecular formula is C14H12FN3O2. The number of benzene rings is 1. The molecule has 0 unspecified atom stereocenters. The molecule has 0 amide bonds. The van der Waals surface area contributed by atoms with Gasteiger partial charge in [0, 0.05) is 18.9 Å². The van der Waals surface area contributed by atoms with Crippen LogP contribution in [0.2, 0.25) is 0 Å². The second-order valence-corrected chi connectivity index (χ2v) is 4.02. The maximum Gasteiger partial charge on any atom is 0.222 e. The van der Waals surface area contributed by atoms with Gasteiger partial charge in [-0.25, -0.2) is 9.37 Å². The molecule has 0 aliphatic carbocycles. The molecule has 0 spiro atoms. The number of halogens is 1. The van der Waals surface area contributed by atoms with Crippen molar-refractivity contribution in [1.82, 2.24) is 9.97 Å². The zero-order valence-corrected chi connectivity index (χ0v) is 11.1. The zero-order chi connectivity index (χ0) is 14.5. The van der Waals surface area contributed by atoms with Gasteiger partial charge in [-0.3, -0.25) is 0 Å². The largest absolute Gasteiger partial charge is 0.437 e. The van der Waals surface area contributed by atoms with Crippen LogP contribution in [-0.2, 0) is 11.3 Å². The number of aromatic nitrogens is 2. The maximum atomic E-state index is 13.5. The van der Waals surface area contributed by atoms with Crippen LogP contribution in [0.25, 0.3) is 0 Å². The third kappa shape index (κ3) is 3.08. The molecule has 102 valence electrons. The minimum absolute atomic E-state index is 0.119. The smallest absolute Gasteiger partial charge is 0.222 e. The molecule has 0 radical (unpaired) electrons. The van der Waals surface area contributed by atoms with E-state index >= 15 is 0 Å². The molecule has 1 aromatic carbocycles. The molecule has 1 heterocycles. The molecule has 0 aliphatic heterocycles. The zero-order valence-electron chi connectivity index (χ0n) is 11.1. The summed E-state index contributed by atoms with van der Waals surface area (Å²) in [5.74, 6) is 0.186. The minimum Gasteiger partial charge on any atom is -0.437 e. The van der Waals surface area contributed by atoms with Gasteiger partial charge >= 0.3 is 0 Å². The Bertz CT molecular complexity index is 668. The van der Waals surface area contributed by atoms with E-state index in [9.17, 15) is 4.39 Å². The Balaban J connectivity index is 2.35. The molecule has 0 saturated heterocycles. The van der Waals surface area contributed by atoms with Crippen LogP contribution in [0.1, 0.15) is 17.1 Å². The highest BCUT2D eigenvalue weighted by Gasteiger charge is 2.11. The average Bonchev–Trinajstić information content (AvgIpc) is 2.38. The van der Waals surface area contributed by atoms with Crippen LogP contribution in [0, 0.1) is 24.1 Å². The average molecular weight is 273 g/mol. The predicted molar refractivity (Wildman–Crippen MR) is 68.7 cm³/mol. The Morgan fingerprint density at radius 2 is 2.15 bits per heavy atom. The lowest BCUT2D eigenvalue weighted by Crippen LogP contribution is -2.01. The van der Waals surface area contributed by atoms with Crippen molar-refractivity contribution in [2.24, 2.45) is 0 Å². The van der Waals surface area contributed by atoms with Gasteiger partial charge in [0.15, 0.2) is 5.82 Å². The summed E-state index contributed by atoms with van der Waals surface area (Å²) in [7, 11) is 1.53. The number of hydrogen-bond donors (Lipinski definition) is 0. The SMILES string of the molecule is COCc1nc(C)cc(Oc2cccc(F)c2C#N)n1. The van der Waals surface area contributed by atoms with Crippen LogP contribution in [0.4, 0.5) is 4.39 Å². The number of nitriles is 1. The van der Waals surface area contributed by atoms with Gasteiger partial charge in [-0.1, -0.05) is 6.07 Å². The van der Waals surface area contributed by atoms with Gasteiger partial charge in [-0.15, -0.1) is 0 Å². The van der Waals surface area contributed by atoms with E-state index in [2.05, 4.69) is 9.97 Å². The molecule has 6 heteroatoms. The van der Waals surface area contributed by atoms with E-state index in [-0.39, 0.29) is 23.8 Å². The van der Waals surface area contributed by atoms with Gasteiger partial charge in [0.2, 0.25) is 5.88 Å². The highest BCUT2D eigenvalue weighted by molar-refractivity contribution is 5.45. The van der Waals surface area contributed by atoms with Crippen molar-refractivity contribution in [3.05, 3.63) is 47.2 Å². The van der Waals surface area contributed by atoms with Crippen LogP contribution in [-0.4, -0.2) is 17.1 Å². The predicted octanol–water partition coefficient (Wildman–Crippen LogP) is 2.73. The van der Waals surface area contributed by atoms with E-state index in [4.69, 9.17) is 14.7 Å². The number of hydrogen-bond acceptors (Lipinski definition) is 5. The lowest BCUT2D eigenvalue weighted by molar-refractivity contribution is 0.177. The first-order chi connectivity index (χ1) is 9.63. The Kier molecular flexibility index (Phi) is 4.23. The third-order valence-corrected chi connectivity index (χ3v) is 2.45. The van der Waals surface area contributed by atoms with E-state index in [1.165, 1.54) is 25.3 Å². The first-order valence-corrected chi connectivity index (χ1v) is 5.84. The molecular weight excluding hydrogens is 261 g/mol. The lowest BCUT2D eigenvalue weighted by Gasteiger charge is -2.08. The van der Waals surface area contributed by atoms with E-state index in [0.717, 1.165) is 0 Å². The third-order valence-electron chi connectivity index (χ3n) is 2.45. The number of rotatable bonds is 4. The summed E-state index contributed by atoms with van der Waals surface area (Å²) < 4.78 is 23.9. The molecule has 0 atom stereocenters. The number of nitrogens with zero attached hydrogens (tertiary/aromatic N) is 3. The van der Waals surface area contributed by atoms with E-state index in [1.807, 2.05) is 0 Å². The number of aryl methyl sites for hydroxylation is 1. The van der Waals surface area contributed by atoms with E-state index in [0.29, 0.717) is 11.5 Å². The molecule has 2 rings (SSSR count). The van der Waals surface area contributed by atoms with Crippen LogP contribution in [0.3, 0.4) is 0 Å². The van der Waals surface area contributed by atoms with Crippen LogP contribution in [0.15, 0.2) is 24.3 Å². The fourth-order valence-electron chi connectivity index (χ4n) is 1.66. The molecule has 0 N–H and O–H groups in total. The summed E-state index contributed by atoms with van der Waals surface area (Å²) in [5, 5.41) is 8.95. The normalized spacial score (nSPS) is 10.1. The van der Waals surface area contributed by atoms with Gasteiger partial charge in [-0.2, -0.15) is 10.2 Å². The van der Waals surface area contributed by atoms with Gasteiger partial charge in [0.25, 0.3) is 0 Å². The molecule has 5 nitrogen and oxygen atoms in total. The summed E-state index contributed by atoms with van der Waals surface area (Å²) in [6.45, 7) is 2.02. The van der Waals surface area contributed by atoms with E-state index in [1.54, 1.807) is 19.1 Å². The molecule has 0 bridgehead atoms. The van der Waals surface area contributed by atoms with Crippen molar-refractivity contribution in [2.75, 3.05) is 7.11 Å². The fourth-order valence-corrected chi connectivity index (χ4v) is 1.66. The van der Waals surface area contributed by atoms with Crippen molar-refractivity contribution in [2.45, 2.75) is 13.5 Å². The van der Waals surface area contributed by atoms with Crippen molar-refractivity contribution in [1.29, 1.82) is 5.26 Å². The van der Waals surface area contributed by atoms with Crippen molar-refractivity contribution < 1.29 is 13.9 Å². The van der Waals surface area contributed by atoms with Gasteiger partial charge in [0.05, 0.1) is 0 Å². The maximum absolute atomic E-state index is 13.5. The van der Waals surface area contributed by atoms with Crippen molar-refractivity contribution in [3.8, 4) is 17.7 Å². The van der Waals surface area contributed by atoms with Crippen LogP contribution in [0.5, 0.6) is 11.6 Å². The topological polar surface area (TPSA) is 68.0 Å². The molecule has 0 aliphatic rings. The second kappa shape index (κ2) is 6.08. The van der Waals surface area contributed by atoms with E-state index < -0.39 is 5.82 Å². The first kappa shape index (κ1) is 13.9. The quantitative estimate of drug-likeness (QED) is 0.856. The van der Waals surface area contributed by atoms with Crippen molar-refractivity contribution in [3.63, 3.8) is 0 Å². The standard InChI is InChI=1S/C14H12FN3O2/c1-9-6-14(18-13(17-9)8-19-2)20-12-5-3-4-11(15)10(12)7-16/h3-6H,8H2,1-2H3. The molecule has 1 aromatic heterocycles.